The molecule has 140 valence electrons. The number of amides is 2. The van der Waals surface area contributed by atoms with E-state index in [1.165, 1.54) is 18.7 Å². The van der Waals surface area contributed by atoms with Gasteiger partial charge in [-0.15, -0.1) is 11.8 Å². The number of rotatable bonds is 6. The van der Waals surface area contributed by atoms with Gasteiger partial charge < -0.3 is 15.6 Å². The lowest BCUT2D eigenvalue weighted by molar-refractivity contribution is -0.125. The van der Waals surface area contributed by atoms with Crippen LogP contribution in [0.15, 0.2) is 53.6 Å². The van der Waals surface area contributed by atoms with Gasteiger partial charge >= 0.3 is 0 Å². The van der Waals surface area contributed by atoms with Crippen LogP contribution >= 0.6 is 23.4 Å². The smallest absolute Gasteiger partial charge is 0.247 e. The molecular formula is C20H20ClN3O2S. The van der Waals surface area contributed by atoms with Crippen molar-refractivity contribution in [3.8, 4) is 0 Å². The van der Waals surface area contributed by atoms with E-state index in [2.05, 4.69) is 15.6 Å². The first-order chi connectivity index (χ1) is 13.0. The van der Waals surface area contributed by atoms with E-state index in [0.29, 0.717) is 17.1 Å². The molecule has 0 aliphatic carbocycles. The zero-order chi connectivity index (χ0) is 19.4. The minimum absolute atomic E-state index is 0.259. The summed E-state index contributed by atoms with van der Waals surface area (Å²) in [6.07, 6.45) is 4.19. The summed E-state index contributed by atoms with van der Waals surface area (Å²) in [7, 11) is 0. The molecule has 1 heterocycles. The number of aromatic amines is 1. The highest BCUT2D eigenvalue weighted by atomic mass is 35.5. The van der Waals surface area contributed by atoms with Crippen LogP contribution in [-0.4, -0.2) is 29.1 Å². The first-order valence-corrected chi connectivity index (χ1v) is 10.0. The Kier molecular flexibility index (Phi) is 6.08. The molecule has 0 spiro atoms. The number of anilines is 1. The van der Waals surface area contributed by atoms with E-state index in [0.717, 1.165) is 21.4 Å². The van der Waals surface area contributed by atoms with E-state index in [-0.39, 0.29) is 11.8 Å². The first-order valence-electron chi connectivity index (χ1n) is 8.44. The summed E-state index contributed by atoms with van der Waals surface area (Å²) >= 11 is 7.75. The average Bonchev–Trinajstić information content (AvgIpc) is 3.04. The zero-order valence-electron chi connectivity index (χ0n) is 15.0. The highest BCUT2D eigenvalue weighted by molar-refractivity contribution is 7.98. The molecule has 27 heavy (non-hydrogen) atoms. The molecule has 3 aromatic rings. The lowest BCUT2D eigenvalue weighted by Crippen LogP contribution is -2.44. The summed E-state index contributed by atoms with van der Waals surface area (Å²) in [5, 5.41) is 7.19. The van der Waals surface area contributed by atoms with Crippen LogP contribution < -0.4 is 10.6 Å². The zero-order valence-corrected chi connectivity index (χ0v) is 16.6. The molecular weight excluding hydrogens is 382 g/mol. The normalized spacial score (nSPS) is 12.0. The fourth-order valence-electron chi connectivity index (χ4n) is 2.95. The number of benzene rings is 2. The van der Waals surface area contributed by atoms with Crippen LogP contribution in [0.2, 0.25) is 5.02 Å². The van der Waals surface area contributed by atoms with E-state index in [1.54, 1.807) is 12.1 Å². The van der Waals surface area contributed by atoms with Gasteiger partial charge in [0, 0.05) is 41.0 Å². The fourth-order valence-corrected chi connectivity index (χ4v) is 3.82. The summed E-state index contributed by atoms with van der Waals surface area (Å²) in [5.74, 6) is -0.547. The van der Waals surface area contributed by atoms with Crippen molar-refractivity contribution in [2.75, 3.05) is 11.6 Å². The van der Waals surface area contributed by atoms with Gasteiger partial charge in [0.05, 0.1) is 5.02 Å². The van der Waals surface area contributed by atoms with Gasteiger partial charge in [-0.1, -0.05) is 29.8 Å². The lowest BCUT2D eigenvalue weighted by atomic mass is 10.0. The van der Waals surface area contributed by atoms with Crippen molar-refractivity contribution in [3.05, 3.63) is 59.2 Å². The second kappa shape index (κ2) is 8.50. The molecule has 7 heteroatoms. The molecule has 1 aromatic heterocycles. The minimum atomic E-state index is -0.694. The number of aromatic nitrogens is 1. The van der Waals surface area contributed by atoms with Crippen LogP contribution in [0, 0.1) is 0 Å². The molecule has 1 unspecified atom stereocenters. The van der Waals surface area contributed by atoms with Crippen LogP contribution in [-0.2, 0) is 16.0 Å². The second-order valence-electron chi connectivity index (χ2n) is 6.16. The number of thioether (sulfide) groups is 1. The molecule has 0 radical (unpaired) electrons. The van der Waals surface area contributed by atoms with E-state index < -0.39 is 6.04 Å². The van der Waals surface area contributed by atoms with Crippen molar-refractivity contribution >= 4 is 51.8 Å². The van der Waals surface area contributed by atoms with Crippen molar-refractivity contribution < 1.29 is 9.59 Å². The van der Waals surface area contributed by atoms with Crippen molar-refractivity contribution in [3.63, 3.8) is 0 Å². The number of carbonyl (C=O) groups is 2. The summed E-state index contributed by atoms with van der Waals surface area (Å²) in [4.78, 5) is 28.5. The number of H-pyrrole nitrogens is 1. The number of para-hydroxylation sites is 1. The van der Waals surface area contributed by atoms with Gasteiger partial charge in [0.25, 0.3) is 0 Å². The largest absolute Gasteiger partial charge is 0.361 e. The van der Waals surface area contributed by atoms with Gasteiger partial charge in [0.1, 0.15) is 6.04 Å². The monoisotopic (exact) mass is 401 g/mol. The van der Waals surface area contributed by atoms with Crippen LogP contribution in [0.25, 0.3) is 10.9 Å². The van der Waals surface area contributed by atoms with E-state index >= 15 is 0 Å². The van der Waals surface area contributed by atoms with E-state index in [4.69, 9.17) is 11.6 Å². The molecule has 0 saturated heterocycles. The fraction of sp³-hybridized carbons (Fsp3) is 0.200. The Labute approximate surface area is 166 Å². The number of halogens is 1. The molecule has 0 bridgehead atoms. The molecule has 2 amide bonds. The number of carbonyl (C=O) groups excluding carboxylic acids is 2. The van der Waals surface area contributed by atoms with Crippen molar-refractivity contribution in [2.45, 2.75) is 24.3 Å². The molecule has 0 fully saturated rings. The molecule has 2 aromatic carbocycles. The van der Waals surface area contributed by atoms with Crippen molar-refractivity contribution in [1.82, 2.24) is 10.3 Å². The molecule has 3 N–H and O–H groups in total. The van der Waals surface area contributed by atoms with Gasteiger partial charge in [-0.2, -0.15) is 0 Å². The molecule has 1 atom stereocenters. The Morgan fingerprint density at radius 3 is 2.70 bits per heavy atom. The number of fused-ring (bicyclic) bond motifs is 1. The molecule has 5 nitrogen and oxygen atoms in total. The standard InChI is InChI=1S/C20H20ClN3O2S/c1-12(25)23-18(9-13-11-22-17-6-4-3-5-15(13)17)20(26)24-14-7-8-19(27-2)16(21)10-14/h3-8,10-11,18,22H,9H2,1-2H3,(H,23,25)(H,24,26). The lowest BCUT2D eigenvalue weighted by Gasteiger charge is -2.18. The van der Waals surface area contributed by atoms with E-state index in [9.17, 15) is 9.59 Å². The molecule has 0 saturated carbocycles. The predicted octanol–water partition coefficient (Wildman–Crippen LogP) is 4.23. The number of hydrogen-bond donors (Lipinski definition) is 3. The van der Waals surface area contributed by atoms with Crippen LogP contribution in [0.3, 0.4) is 0 Å². The third-order valence-corrected chi connectivity index (χ3v) is 5.43. The van der Waals surface area contributed by atoms with Gasteiger partial charge in [0.15, 0.2) is 0 Å². The van der Waals surface area contributed by atoms with Crippen LogP contribution in [0.5, 0.6) is 0 Å². The van der Waals surface area contributed by atoms with Gasteiger partial charge in [0.2, 0.25) is 11.8 Å². The minimum Gasteiger partial charge on any atom is -0.361 e. The maximum Gasteiger partial charge on any atom is 0.247 e. The Hall–Kier alpha value is -2.44. The third kappa shape index (κ3) is 4.64. The predicted molar refractivity (Wildman–Crippen MR) is 111 cm³/mol. The quantitative estimate of drug-likeness (QED) is 0.541. The summed E-state index contributed by atoms with van der Waals surface area (Å²) in [6, 6.07) is 12.5. The second-order valence-corrected chi connectivity index (χ2v) is 7.41. The molecule has 3 rings (SSSR count). The Balaban J connectivity index is 1.80. The Bertz CT molecular complexity index is 986. The van der Waals surface area contributed by atoms with Crippen LogP contribution in [0.1, 0.15) is 12.5 Å². The van der Waals surface area contributed by atoms with Gasteiger partial charge in [-0.25, -0.2) is 0 Å². The highest BCUT2D eigenvalue weighted by Gasteiger charge is 2.22. The molecule has 0 aliphatic heterocycles. The number of hydrogen-bond acceptors (Lipinski definition) is 3. The SMILES string of the molecule is CSc1ccc(NC(=O)C(Cc2c[nH]c3ccccc23)NC(C)=O)cc1Cl. The van der Waals surface area contributed by atoms with Gasteiger partial charge in [-0.3, -0.25) is 9.59 Å². The maximum atomic E-state index is 12.8. The van der Waals surface area contributed by atoms with Gasteiger partial charge in [-0.05, 0) is 36.1 Å². The van der Waals surface area contributed by atoms with Crippen LogP contribution in [0.4, 0.5) is 5.69 Å². The number of nitrogens with one attached hydrogen (secondary N) is 3. The summed E-state index contributed by atoms with van der Waals surface area (Å²) < 4.78 is 0. The average molecular weight is 402 g/mol. The third-order valence-electron chi connectivity index (χ3n) is 4.21. The summed E-state index contributed by atoms with van der Waals surface area (Å²) in [5.41, 5.74) is 2.56. The summed E-state index contributed by atoms with van der Waals surface area (Å²) in [6.45, 7) is 1.40. The maximum absolute atomic E-state index is 12.8. The Morgan fingerprint density at radius 2 is 2.00 bits per heavy atom. The molecule has 0 aliphatic rings. The van der Waals surface area contributed by atoms with E-state index in [1.807, 2.05) is 42.8 Å². The van der Waals surface area contributed by atoms with Crippen molar-refractivity contribution in [1.29, 1.82) is 0 Å². The Morgan fingerprint density at radius 1 is 1.22 bits per heavy atom. The first kappa shape index (κ1) is 19.3. The topological polar surface area (TPSA) is 74.0 Å². The van der Waals surface area contributed by atoms with Crippen molar-refractivity contribution in [2.24, 2.45) is 0 Å². The highest BCUT2D eigenvalue weighted by Crippen LogP contribution is 2.28.